The monoisotopic (exact) mass is 488 g/mol. The Balaban J connectivity index is 0.00000124. The lowest BCUT2D eigenvalue weighted by Crippen LogP contribution is -2.28. The molecule has 1 N–H and O–H groups in total. The van der Waals surface area contributed by atoms with Gasteiger partial charge in [0.05, 0.1) is 5.52 Å². The number of aryl methyl sites for hydroxylation is 1. The molecular weight excluding hydrogens is 440 g/mol. The van der Waals surface area contributed by atoms with Crippen molar-refractivity contribution >= 4 is 16.7 Å². The molecule has 36 heavy (non-hydrogen) atoms. The summed E-state index contributed by atoms with van der Waals surface area (Å²) in [6, 6.07) is 17.2. The van der Waals surface area contributed by atoms with Crippen molar-refractivity contribution in [2.75, 3.05) is 32.1 Å². The smallest absolute Gasteiger partial charge is 0.139 e. The summed E-state index contributed by atoms with van der Waals surface area (Å²) in [5.41, 5.74) is 3.97. The van der Waals surface area contributed by atoms with Crippen LogP contribution in [0, 0.1) is 24.7 Å². The molecule has 4 nitrogen and oxygen atoms in total. The van der Waals surface area contributed by atoms with Crippen molar-refractivity contribution in [3.05, 3.63) is 65.5 Å². The predicted octanol–water partition coefficient (Wildman–Crippen LogP) is 7.41. The molecule has 2 unspecified atom stereocenters. The number of aromatic nitrogens is 2. The van der Waals surface area contributed by atoms with E-state index in [1.54, 1.807) is 0 Å². The fourth-order valence-corrected chi connectivity index (χ4v) is 5.93. The second-order valence-corrected chi connectivity index (χ2v) is 10.9. The van der Waals surface area contributed by atoms with E-state index in [0.29, 0.717) is 5.92 Å². The van der Waals surface area contributed by atoms with Gasteiger partial charge in [0, 0.05) is 26.8 Å². The quantitative estimate of drug-likeness (QED) is 0.318. The minimum atomic E-state index is 0. The second kappa shape index (κ2) is 12.7. The summed E-state index contributed by atoms with van der Waals surface area (Å²) in [5, 5.41) is 4.89. The van der Waals surface area contributed by atoms with E-state index < -0.39 is 0 Å². The van der Waals surface area contributed by atoms with Crippen molar-refractivity contribution in [3.63, 3.8) is 0 Å². The van der Waals surface area contributed by atoms with Crippen LogP contribution in [0.4, 0.5) is 5.82 Å². The first-order valence-electron chi connectivity index (χ1n) is 14.3. The van der Waals surface area contributed by atoms with E-state index in [-0.39, 0.29) is 1.43 Å². The highest BCUT2D eigenvalue weighted by Crippen LogP contribution is 2.52. The van der Waals surface area contributed by atoms with Gasteiger partial charge in [0.15, 0.2) is 0 Å². The Morgan fingerprint density at radius 2 is 1.61 bits per heavy atom. The van der Waals surface area contributed by atoms with Gasteiger partial charge in [-0.3, -0.25) is 0 Å². The third-order valence-electron chi connectivity index (χ3n) is 8.15. The van der Waals surface area contributed by atoms with Gasteiger partial charge in [0.25, 0.3) is 0 Å². The van der Waals surface area contributed by atoms with Gasteiger partial charge in [-0.15, -0.1) is 0 Å². The summed E-state index contributed by atoms with van der Waals surface area (Å²) in [7, 11) is 4.16. The van der Waals surface area contributed by atoms with E-state index in [2.05, 4.69) is 79.8 Å². The number of hydrogen-bond donors (Lipinski definition) is 1. The minimum Gasteiger partial charge on any atom is -0.362 e. The Morgan fingerprint density at radius 1 is 0.917 bits per heavy atom. The van der Waals surface area contributed by atoms with E-state index in [9.17, 15) is 0 Å². The summed E-state index contributed by atoms with van der Waals surface area (Å²) >= 11 is 0. The van der Waals surface area contributed by atoms with Crippen molar-refractivity contribution in [3.8, 4) is 0 Å². The lowest BCUT2D eigenvalue weighted by molar-refractivity contribution is 0.249. The second-order valence-electron chi connectivity index (χ2n) is 10.9. The zero-order valence-corrected chi connectivity index (χ0v) is 23.1. The molecule has 2 aliphatic rings. The van der Waals surface area contributed by atoms with E-state index in [1.165, 1.54) is 56.2 Å². The zero-order valence-electron chi connectivity index (χ0n) is 23.1. The number of fused-ring (bicyclic) bond motifs is 1. The van der Waals surface area contributed by atoms with Crippen LogP contribution < -0.4 is 10.2 Å². The molecule has 0 radical (unpaired) electrons. The molecule has 4 heteroatoms. The SMILES string of the molecule is CC.Cc1ccccc1CCNCC1CCC(CC2CC2c2nc(N(C)C)c3ccccc3n2)CC1.[HH]. The number of rotatable bonds is 9. The molecule has 1 aromatic heterocycles. The van der Waals surface area contributed by atoms with Crippen LogP contribution in [0.5, 0.6) is 0 Å². The topological polar surface area (TPSA) is 41.1 Å². The van der Waals surface area contributed by atoms with Gasteiger partial charge in [0.1, 0.15) is 11.6 Å². The van der Waals surface area contributed by atoms with Gasteiger partial charge in [-0.25, -0.2) is 9.97 Å². The molecule has 0 saturated heterocycles. The largest absolute Gasteiger partial charge is 0.362 e. The van der Waals surface area contributed by atoms with Crippen LogP contribution in [0.2, 0.25) is 0 Å². The zero-order chi connectivity index (χ0) is 25.5. The lowest BCUT2D eigenvalue weighted by atomic mass is 9.79. The van der Waals surface area contributed by atoms with Gasteiger partial charge >= 0.3 is 0 Å². The number of hydrogen-bond acceptors (Lipinski definition) is 4. The summed E-state index contributed by atoms with van der Waals surface area (Å²) in [6.07, 6.45) is 9.34. The van der Waals surface area contributed by atoms with Crippen molar-refractivity contribution in [1.82, 2.24) is 15.3 Å². The molecular formula is C32H48N4. The Kier molecular flexibility index (Phi) is 9.36. The first-order valence-corrected chi connectivity index (χ1v) is 14.3. The van der Waals surface area contributed by atoms with Gasteiger partial charge in [-0.1, -0.05) is 63.1 Å². The van der Waals surface area contributed by atoms with Gasteiger partial charge < -0.3 is 10.2 Å². The molecule has 3 aromatic rings. The average Bonchev–Trinajstić information content (AvgIpc) is 3.68. The molecule has 0 bridgehead atoms. The summed E-state index contributed by atoms with van der Waals surface area (Å²) in [5.74, 6) is 5.22. The average molecular weight is 489 g/mol. The van der Waals surface area contributed by atoms with Gasteiger partial charge in [0.2, 0.25) is 0 Å². The molecule has 2 aromatic carbocycles. The van der Waals surface area contributed by atoms with E-state index in [4.69, 9.17) is 9.97 Å². The Hall–Kier alpha value is -2.46. The third kappa shape index (κ3) is 6.64. The summed E-state index contributed by atoms with van der Waals surface area (Å²) < 4.78 is 0. The first kappa shape index (κ1) is 26.6. The van der Waals surface area contributed by atoms with Crippen LogP contribution in [0.3, 0.4) is 0 Å². The van der Waals surface area contributed by atoms with Crippen LogP contribution in [0.25, 0.3) is 10.9 Å². The van der Waals surface area contributed by atoms with Crippen LogP contribution in [0.1, 0.15) is 76.7 Å². The number of anilines is 1. The van der Waals surface area contributed by atoms with Gasteiger partial charge in [-0.05, 0) is 93.1 Å². The van der Waals surface area contributed by atoms with E-state index in [1.807, 2.05) is 13.8 Å². The summed E-state index contributed by atoms with van der Waals surface area (Å²) in [4.78, 5) is 12.1. The van der Waals surface area contributed by atoms with Crippen LogP contribution in [-0.4, -0.2) is 37.2 Å². The van der Waals surface area contributed by atoms with Crippen molar-refractivity contribution in [1.29, 1.82) is 0 Å². The molecule has 2 saturated carbocycles. The van der Waals surface area contributed by atoms with Crippen molar-refractivity contribution in [2.24, 2.45) is 17.8 Å². The highest BCUT2D eigenvalue weighted by atomic mass is 15.2. The molecule has 0 aliphatic heterocycles. The number of nitrogens with one attached hydrogen (secondary N) is 1. The Labute approximate surface area is 220 Å². The maximum absolute atomic E-state index is 4.99. The number of benzene rings is 2. The first-order chi connectivity index (χ1) is 17.6. The van der Waals surface area contributed by atoms with Crippen molar-refractivity contribution < 1.29 is 1.43 Å². The fourth-order valence-electron chi connectivity index (χ4n) is 5.93. The molecule has 2 fully saturated rings. The highest BCUT2D eigenvalue weighted by molar-refractivity contribution is 5.89. The van der Waals surface area contributed by atoms with E-state index >= 15 is 0 Å². The van der Waals surface area contributed by atoms with Crippen molar-refractivity contribution in [2.45, 2.75) is 71.6 Å². The molecule has 0 amide bonds. The van der Waals surface area contributed by atoms with Gasteiger partial charge in [-0.2, -0.15) is 0 Å². The maximum atomic E-state index is 4.99. The molecule has 5 rings (SSSR count). The third-order valence-corrected chi connectivity index (χ3v) is 8.15. The summed E-state index contributed by atoms with van der Waals surface area (Å²) in [6.45, 7) is 8.49. The normalized spacial score (nSPS) is 23.1. The Morgan fingerprint density at radius 3 is 2.36 bits per heavy atom. The van der Waals surface area contributed by atoms with E-state index in [0.717, 1.165) is 53.3 Å². The maximum Gasteiger partial charge on any atom is 0.139 e. The number of nitrogens with zero attached hydrogens (tertiary/aromatic N) is 3. The molecule has 2 atom stereocenters. The highest BCUT2D eigenvalue weighted by Gasteiger charge is 2.42. The number of para-hydroxylation sites is 1. The minimum absolute atomic E-state index is 0. The van der Waals surface area contributed by atoms with Crippen LogP contribution in [0.15, 0.2) is 48.5 Å². The van der Waals surface area contributed by atoms with Crippen LogP contribution in [-0.2, 0) is 6.42 Å². The molecule has 2 aliphatic carbocycles. The predicted molar refractivity (Wildman–Crippen MR) is 156 cm³/mol. The molecule has 0 spiro atoms. The fraction of sp³-hybridized carbons (Fsp3) is 0.562. The molecule has 1 heterocycles. The van der Waals surface area contributed by atoms with Crippen LogP contribution >= 0.6 is 0 Å². The Bertz CT molecular complexity index is 1110. The lowest BCUT2D eigenvalue weighted by Gasteiger charge is -2.29. The molecule has 196 valence electrons. The standard InChI is InChI=1S/C30H40N4.C2H6.H2/c1-21-8-4-5-9-24(21)16-17-31-20-23-14-12-22(13-15-23)18-25-19-27(25)29-32-28-11-7-6-10-26(28)30(33-29)34(2)3;1-2;/h4-11,22-23,25,27,31H,12-20H2,1-3H3;1-2H3;1H.